The molecule has 3 nitrogen and oxygen atoms in total. The predicted octanol–water partition coefficient (Wildman–Crippen LogP) is 3.47. The molecule has 1 aromatic heterocycles. The lowest BCUT2D eigenvalue weighted by molar-refractivity contribution is 0.0633. The van der Waals surface area contributed by atoms with Gasteiger partial charge >= 0.3 is 0 Å². The van der Waals surface area contributed by atoms with Crippen molar-refractivity contribution in [3.8, 4) is 0 Å². The molecule has 0 radical (unpaired) electrons. The maximum Gasteiger partial charge on any atom is 0.264 e. The third-order valence-corrected chi connectivity index (χ3v) is 5.37. The zero-order chi connectivity index (χ0) is 14.7. The average Bonchev–Trinajstić information content (AvgIpc) is 3.04. The van der Waals surface area contributed by atoms with E-state index in [1.807, 2.05) is 28.5 Å². The van der Waals surface area contributed by atoms with Crippen molar-refractivity contribution in [3.63, 3.8) is 0 Å². The fraction of sp³-hybridized carbons (Fsp3) is 0.312. The highest BCUT2D eigenvalue weighted by Crippen LogP contribution is 2.19. The third kappa shape index (κ3) is 3.54. The van der Waals surface area contributed by atoms with E-state index in [1.165, 1.54) is 16.9 Å². The number of rotatable bonds is 3. The molecule has 110 valence electrons. The zero-order valence-electron chi connectivity index (χ0n) is 11.7. The van der Waals surface area contributed by atoms with Gasteiger partial charge in [-0.2, -0.15) is 0 Å². The highest BCUT2D eigenvalue weighted by molar-refractivity contribution is 9.10. The van der Waals surface area contributed by atoms with Gasteiger partial charge in [0, 0.05) is 37.2 Å². The molecule has 5 heteroatoms. The normalized spacial score (nSPS) is 16.1. The van der Waals surface area contributed by atoms with Gasteiger partial charge in [-0.3, -0.25) is 9.69 Å². The average molecular weight is 365 g/mol. The summed E-state index contributed by atoms with van der Waals surface area (Å²) < 4.78 is 1.15. The van der Waals surface area contributed by atoms with Crippen molar-refractivity contribution in [2.45, 2.75) is 6.54 Å². The molecule has 0 unspecified atom stereocenters. The lowest BCUT2D eigenvalue weighted by Gasteiger charge is -2.34. The van der Waals surface area contributed by atoms with Crippen LogP contribution >= 0.6 is 27.3 Å². The fourth-order valence-electron chi connectivity index (χ4n) is 2.53. The molecule has 1 aromatic carbocycles. The standard InChI is InChI=1S/C16H17BrN2OS/c17-14-5-2-1-4-13(14)12-18-7-9-19(10-8-18)16(20)15-6-3-11-21-15/h1-6,11H,7-10,12H2. The number of benzene rings is 1. The van der Waals surface area contributed by atoms with Gasteiger partial charge in [0.25, 0.3) is 5.91 Å². The number of hydrogen-bond donors (Lipinski definition) is 0. The topological polar surface area (TPSA) is 23.6 Å². The SMILES string of the molecule is O=C(c1cccs1)N1CCN(Cc2ccccc2Br)CC1. The molecule has 1 aliphatic heterocycles. The van der Waals surface area contributed by atoms with E-state index in [-0.39, 0.29) is 5.91 Å². The largest absolute Gasteiger partial charge is 0.335 e. The van der Waals surface area contributed by atoms with Crippen LogP contribution in [0.3, 0.4) is 0 Å². The van der Waals surface area contributed by atoms with Crippen molar-refractivity contribution in [1.29, 1.82) is 0 Å². The molecule has 2 aromatic rings. The number of thiophene rings is 1. The molecule has 1 aliphatic rings. The molecule has 0 N–H and O–H groups in total. The summed E-state index contributed by atoms with van der Waals surface area (Å²) in [6.45, 7) is 4.40. The van der Waals surface area contributed by atoms with Crippen LogP contribution in [0.25, 0.3) is 0 Å². The second kappa shape index (κ2) is 6.73. The molecule has 3 rings (SSSR count). The van der Waals surface area contributed by atoms with Crippen molar-refractivity contribution < 1.29 is 4.79 Å². The molecular formula is C16H17BrN2OS. The van der Waals surface area contributed by atoms with Gasteiger partial charge in [-0.25, -0.2) is 0 Å². The van der Waals surface area contributed by atoms with Gasteiger partial charge in [0.15, 0.2) is 0 Å². The van der Waals surface area contributed by atoms with E-state index in [2.05, 4.69) is 39.0 Å². The molecule has 0 spiro atoms. The van der Waals surface area contributed by atoms with E-state index >= 15 is 0 Å². The summed E-state index contributed by atoms with van der Waals surface area (Å²) in [6.07, 6.45) is 0. The van der Waals surface area contributed by atoms with Crippen LogP contribution in [0.4, 0.5) is 0 Å². The van der Waals surface area contributed by atoms with E-state index in [4.69, 9.17) is 0 Å². The minimum Gasteiger partial charge on any atom is -0.335 e. The first kappa shape index (κ1) is 14.8. The Labute approximate surface area is 137 Å². The van der Waals surface area contributed by atoms with Gasteiger partial charge in [0.2, 0.25) is 0 Å². The van der Waals surface area contributed by atoms with Crippen LogP contribution in [0.5, 0.6) is 0 Å². The monoisotopic (exact) mass is 364 g/mol. The highest BCUT2D eigenvalue weighted by atomic mass is 79.9. The van der Waals surface area contributed by atoms with Crippen LogP contribution in [0.1, 0.15) is 15.2 Å². The first-order valence-corrected chi connectivity index (χ1v) is 8.70. The van der Waals surface area contributed by atoms with Crippen LogP contribution in [0.2, 0.25) is 0 Å². The first-order chi connectivity index (χ1) is 10.2. The van der Waals surface area contributed by atoms with Crippen molar-refractivity contribution in [2.24, 2.45) is 0 Å². The number of hydrogen-bond acceptors (Lipinski definition) is 3. The van der Waals surface area contributed by atoms with Crippen LogP contribution in [-0.4, -0.2) is 41.9 Å². The second-order valence-corrected chi connectivity index (χ2v) is 6.94. The number of piperazine rings is 1. The van der Waals surface area contributed by atoms with E-state index in [9.17, 15) is 4.79 Å². The lowest BCUT2D eigenvalue weighted by Crippen LogP contribution is -2.48. The molecular weight excluding hydrogens is 348 g/mol. The number of carbonyl (C=O) groups excluding carboxylic acids is 1. The molecule has 0 aliphatic carbocycles. The van der Waals surface area contributed by atoms with E-state index < -0.39 is 0 Å². The Bertz CT molecular complexity index is 606. The molecule has 0 bridgehead atoms. The van der Waals surface area contributed by atoms with E-state index in [0.717, 1.165) is 42.1 Å². The Balaban J connectivity index is 1.56. The summed E-state index contributed by atoms with van der Waals surface area (Å²) in [5.41, 5.74) is 1.30. The molecule has 0 saturated carbocycles. The lowest BCUT2D eigenvalue weighted by atomic mass is 10.2. The first-order valence-electron chi connectivity index (χ1n) is 7.02. The Hall–Kier alpha value is -1.17. The number of nitrogens with zero attached hydrogens (tertiary/aromatic N) is 2. The van der Waals surface area contributed by atoms with Crippen LogP contribution < -0.4 is 0 Å². The van der Waals surface area contributed by atoms with Crippen LogP contribution in [0.15, 0.2) is 46.3 Å². The fourth-order valence-corrected chi connectivity index (χ4v) is 3.63. The van der Waals surface area contributed by atoms with Gasteiger partial charge in [0.1, 0.15) is 0 Å². The molecule has 2 heterocycles. The maximum atomic E-state index is 12.3. The van der Waals surface area contributed by atoms with Crippen molar-refractivity contribution in [2.75, 3.05) is 26.2 Å². The molecule has 21 heavy (non-hydrogen) atoms. The van der Waals surface area contributed by atoms with E-state index in [0.29, 0.717) is 0 Å². The zero-order valence-corrected chi connectivity index (χ0v) is 14.1. The Morgan fingerprint density at radius 1 is 1.10 bits per heavy atom. The third-order valence-electron chi connectivity index (χ3n) is 3.74. The van der Waals surface area contributed by atoms with Crippen molar-refractivity contribution >= 4 is 33.2 Å². The molecule has 1 fully saturated rings. The quantitative estimate of drug-likeness (QED) is 0.832. The van der Waals surface area contributed by atoms with Crippen molar-refractivity contribution in [3.05, 3.63) is 56.7 Å². The molecule has 1 amide bonds. The Morgan fingerprint density at radius 2 is 1.86 bits per heavy atom. The summed E-state index contributed by atoms with van der Waals surface area (Å²) in [6, 6.07) is 12.2. The predicted molar refractivity (Wildman–Crippen MR) is 89.6 cm³/mol. The van der Waals surface area contributed by atoms with Gasteiger partial charge in [-0.05, 0) is 23.1 Å². The van der Waals surface area contributed by atoms with Crippen LogP contribution in [-0.2, 0) is 6.54 Å². The second-order valence-electron chi connectivity index (χ2n) is 5.14. The number of carbonyl (C=O) groups is 1. The Kier molecular flexibility index (Phi) is 4.73. The van der Waals surface area contributed by atoms with Gasteiger partial charge in [0.05, 0.1) is 4.88 Å². The Morgan fingerprint density at radius 3 is 2.52 bits per heavy atom. The highest BCUT2D eigenvalue weighted by Gasteiger charge is 2.22. The summed E-state index contributed by atoms with van der Waals surface area (Å²) in [5.74, 6) is 0.172. The van der Waals surface area contributed by atoms with Gasteiger partial charge in [-0.1, -0.05) is 40.2 Å². The number of amides is 1. The number of halogens is 1. The van der Waals surface area contributed by atoms with Crippen molar-refractivity contribution in [1.82, 2.24) is 9.80 Å². The maximum absolute atomic E-state index is 12.3. The molecule has 1 saturated heterocycles. The van der Waals surface area contributed by atoms with E-state index in [1.54, 1.807) is 0 Å². The molecule has 0 atom stereocenters. The minimum absolute atomic E-state index is 0.172. The summed E-state index contributed by atoms with van der Waals surface area (Å²) in [7, 11) is 0. The smallest absolute Gasteiger partial charge is 0.264 e. The summed E-state index contributed by atoms with van der Waals surface area (Å²) in [4.78, 5) is 17.5. The minimum atomic E-state index is 0.172. The van der Waals surface area contributed by atoms with Gasteiger partial charge in [-0.15, -0.1) is 11.3 Å². The summed E-state index contributed by atoms with van der Waals surface area (Å²) in [5, 5.41) is 1.95. The van der Waals surface area contributed by atoms with Crippen LogP contribution in [0, 0.1) is 0 Å². The summed E-state index contributed by atoms with van der Waals surface area (Å²) >= 11 is 5.11. The van der Waals surface area contributed by atoms with Gasteiger partial charge < -0.3 is 4.90 Å².